The zero-order chi connectivity index (χ0) is 17.0. The third-order valence-corrected chi connectivity index (χ3v) is 2.55. The number of non-ortho nitro benzene ring substituents is 1. The van der Waals surface area contributed by atoms with Crippen LogP contribution in [-0.2, 0) is 0 Å². The van der Waals surface area contributed by atoms with E-state index in [9.17, 15) is 14.9 Å². The van der Waals surface area contributed by atoms with E-state index in [2.05, 4.69) is 0 Å². The van der Waals surface area contributed by atoms with E-state index in [0.29, 0.717) is 19.6 Å². The van der Waals surface area contributed by atoms with Gasteiger partial charge in [0.2, 0.25) is 0 Å². The van der Waals surface area contributed by atoms with Crippen LogP contribution in [0.4, 0.5) is 5.69 Å². The predicted molar refractivity (Wildman–Crippen MR) is 77.8 cm³/mol. The van der Waals surface area contributed by atoms with Gasteiger partial charge in [-0.15, -0.1) is 0 Å². The minimum Gasteiger partial charge on any atom is -0.478 e. The minimum atomic E-state index is -1.17. The molecule has 0 radical (unpaired) electrons. The maximum Gasteiger partial charge on any atom is 0.335 e. The van der Waals surface area contributed by atoms with Gasteiger partial charge in [-0.05, 0) is 6.07 Å². The second-order valence-corrected chi connectivity index (χ2v) is 4.13. The fourth-order valence-corrected chi connectivity index (χ4v) is 1.51. The van der Waals surface area contributed by atoms with Crippen LogP contribution in [0.15, 0.2) is 24.3 Å². The van der Waals surface area contributed by atoms with Crippen molar-refractivity contribution in [2.45, 2.75) is 0 Å². The Kier molecular flexibility index (Phi) is 10.5. The first-order valence-electron chi connectivity index (χ1n) is 6.49. The molecular formula is C13H20N2O7. The SMILES string of the molecule is O=C(O)c1cccc([N+](=O)[O-])c1.OCCN(CCO)CCO. The van der Waals surface area contributed by atoms with Gasteiger partial charge in [-0.2, -0.15) is 0 Å². The Balaban J connectivity index is 0.000000409. The standard InChI is InChI=1S/C7H5NO4.C6H15NO3/c9-7(10)5-2-1-3-6(4-5)8(11)12;8-4-1-7(2-5-9)3-6-10/h1-4H,(H,9,10);8-10H,1-6H2. The number of nitro groups is 1. The van der Waals surface area contributed by atoms with Gasteiger partial charge in [-0.1, -0.05) is 6.07 Å². The summed E-state index contributed by atoms with van der Waals surface area (Å²) in [6.45, 7) is 1.75. The van der Waals surface area contributed by atoms with Crippen LogP contribution in [0.3, 0.4) is 0 Å². The summed E-state index contributed by atoms with van der Waals surface area (Å²) in [7, 11) is 0. The lowest BCUT2D eigenvalue weighted by molar-refractivity contribution is -0.384. The summed E-state index contributed by atoms with van der Waals surface area (Å²) in [5, 5.41) is 44.1. The highest BCUT2D eigenvalue weighted by Crippen LogP contribution is 2.12. The molecule has 0 unspecified atom stereocenters. The molecule has 22 heavy (non-hydrogen) atoms. The number of hydrogen-bond donors (Lipinski definition) is 4. The molecule has 124 valence electrons. The minimum absolute atomic E-state index is 0.0694. The van der Waals surface area contributed by atoms with Gasteiger partial charge in [0.05, 0.1) is 30.3 Å². The summed E-state index contributed by atoms with van der Waals surface area (Å²) in [4.78, 5) is 21.7. The van der Waals surface area contributed by atoms with Gasteiger partial charge < -0.3 is 20.4 Å². The lowest BCUT2D eigenvalue weighted by atomic mass is 10.2. The summed E-state index contributed by atoms with van der Waals surface area (Å²) in [5.74, 6) is -1.17. The molecule has 0 fully saturated rings. The van der Waals surface area contributed by atoms with Crippen molar-refractivity contribution in [3.05, 3.63) is 39.9 Å². The van der Waals surface area contributed by atoms with Crippen LogP contribution in [0.2, 0.25) is 0 Å². The van der Waals surface area contributed by atoms with Crippen LogP contribution in [0.1, 0.15) is 10.4 Å². The number of nitro benzene ring substituents is 1. The van der Waals surface area contributed by atoms with Crippen molar-refractivity contribution in [1.29, 1.82) is 0 Å². The third kappa shape index (κ3) is 8.27. The molecule has 9 nitrogen and oxygen atoms in total. The molecule has 0 aliphatic rings. The molecular weight excluding hydrogens is 296 g/mol. The first-order valence-corrected chi connectivity index (χ1v) is 6.49. The second-order valence-electron chi connectivity index (χ2n) is 4.13. The third-order valence-electron chi connectivity index (χ3n) is 2.55. The van der Waals surface area contributed by atoms with Gasteiger partial charge in [-0.3, -0.25) is 15.0 Å². The number of nitrogens with zero attached hydrogens (tertiary/aromatic N) is 2. The molecule has 1 aromatic rings. The zero-order valence-corrected chi connectivity index (χ0v) is 12.0. The maximum atomic E-state index is 10.4. The molecule has 0 aromatic heterocycles. The van der Waals surface area contributed by atoms with E-state index < -0.39 is 10.9 Å². The quantitative estimate of drug-likeness (QED) is 0.373. The number of hydrogen-bond acceptors (Lipinski definition) is 7. The Morgan fingerprint density at radius 1 is 1.09 bits per heavy atom. The molecule has 0 atom stereocenters. The highest BCUT2D eigenvalue weighted by atomic mass is 16.6. The van der Waals surface area contributed by atoms with Crippen LogP contribution >= 0.6 is 0 Å². The van der Waals surface area contributed by atoms with Gasteiger partial charge in [0, 0.05) is 31.8 Å². The molecule has 9 heteroatoms. The second kappa shape index (κ2) is 11.6. The van der Waals surface area contributed by atoms with Crippen LogP contribution < -0.4 is 0 Å². The maximum absolute atomic E-state index is 10.4. The number of aliphatic hydroxyl groups is 3. The molecule has 0 spiro atoms. The summed E-state index contributed by atoms with van der Waals surface area (Å²) in [5.41, 5.74) is -0.292. The molecule has 0 amide bonds. The van der Waals surface area contributed by atoms with Crippen molar-refractivity contribution in [3.63, 3.8) is 0 Å². The van der Waals surface area contributed by atoms with E-state index >= 15 is 0 Å². The Morgan fingerprint density at radius 3 is 1.95 bits per heavy atom. The summed E-state index contributed by atoms with van der Waals surface area (Å²) in [6.07, 6.45) is 0. The van der Waals surface area contributed by atoms with E-state index in [0.717, 1.165) is 6.07 Å². The number of rotatable bonds is 8. The Bertz CT molecular complexity index is 424. The van der Waals surface area contributed by atoms with Gasteiger partial charge in [0.25, 0.3) is 5.69 Å². The van der Waals surface area contributed by atoms with Crippen molar-refractivity contribution in [2.24, 2.45) is 0 Å². The van der Waals surface area contributed by atoms with Crippen molar-refractivity contribution in [1.82, 2.24) is 4.90 Å². The summed E-state index contributed by atoms with van der Waals surface area (Å²) < 4.78 is 0. The van der Waals surface area contributed by atoms with Crippen molar-refractivity contribution in [3.8, 4) is 0 Å². The van der Waals surface area contributed by atoms with E-state index in [4.69, 9.17) is 20.4 Å². The first kappa shape index (κ1) is 19.9. The lowest BCUT2D eigenvalue weighted by Gasteiger charge is -2.17. The number of aromatic carboxylic acids is 1. The number of carboxylic acids is 1. The molecule has 0 saturated carbocycles. The van der Waals surface area contributed by atoms with Gasteiger partial charge in [-0.25, -0.2) is 4.79 Å². The number of benzene rings is 1. The normalized spacial score (nSPS) is 10.0. The molecule has 0 aliphatic carbocycles. The molecule has 0 heterocycles. The molecule has 0 saturated heterocycles. The lowest BCUT2D eigenvalue weighted by Crippen LogP contribution is -2.32. The highest BCUT2D eigenvalue weighted by molar-refractivity contribution is 5.88. The Hall–Kier alpha value is -2.07. The average Bonchev–Trinajstić information content (AvgIpc) is 2.49. The van der Waals surface area contributed by atoms with Gasteiger partial charge in [0.1, 0.15) is 0 Å². The fraction of sp³-hybridized carbons (Fsp3) is 0.462. The average molecular weight is 316 g/mol. The fourth-order valence-electron chi connectivity index (χ4n) is 1.51. The molecule has 4 N–H and O–H groups in total. The topological polar surface area (TPSA) is 144 Å². The largest absolute Gasteiger partial charge is 0.478 e. The van der Waals surface area contributed by atoms with Crippen LogP contribution in [0, 0.1) is 10.1 Å². The van der Waals surface area contributed by atoms with E-state index in [1.807, 2.05) is 0 Å². The van der Waals surface area contributed by atoms with Gasteiger partial charge >= 0.3 is 5.97 Å². The van der Waals surface area contributed by atoms with E-state index in [1.165, 1.54) is 18.2 Å². The molecule has 1 aromatic carbocycles. The van der Waals surface area contributed by atoms with Crippen LogP contribution in [0.5, 0.6) is 0 Å². The van der Waals surface area contributed by atoms with Crippen LogP contribution in [0.25, 0.3) is 0 Å². The Morgan fingerprint density at radius 2 is 1.59 bits per heavy atom. The number of aliphatic hydroxyl groups excluding tert-OH is 3. The summed E-state index contributed by atoms with van der Waals surface area (Å²) in [6, 6.07) is 4.89. The predicted octanol–water partition coefficient (Wildman–Crippen LogP) is -0.442. The monoisotopic (exact) mass is 316 g/mol. The van der Waals surface area contributed by atoms with E-state index in [1.54, 1.807) is 4.90 Å². The van der Waals surface area contributed by atoms with Crippen LogP contribution in [-0.4, -0.2) is 75.7 Å². The Labute approximate surface area is 127 Å². The van der Waals surface area contributed by atoms with Crippen molar-refractivity contribution in [2.75, 3.05) is 39.5 Å². The smallest absolute Gasteiger partial charge is 0.335 e. The van der Waals surface area contributed by atoms with E-state index in [-0.39, 0.29) is 31.1 Å². The first-order chi connectivity index (χ1) is 10.5. The van der Waals surface area contributed by atoms with Gasteiger partial charge in [0.15, 0.2) is 0 Å². The van der Waals surface area contributed by atoms with Crippen molar-refractivity contribution >= 4 is 11.7 Å². The molecule has 1 rings (SSSR count). The molecule has 0 bridgehead atoms. The van der Waals surface area contributed by atoms with Crippen molar-refractivity contribution < 1.29 is 30.1 Å². The number of carboxylic acid groups (broad SMARTS) is 1. The highest BCUT2D eigenvalue weighted by Gasteiger charge is 2.09. The molecule has 0 aliphatic heterocycles. The zero-order valence-electron chi connectivity index (χ0n) is 12.0. The number of carbonyl (C=O) groups is 1. The summed E-state index contributed by atoms with van der Waals surface area (Å²) >= 11 is 0.